The van der Waals surface area contributed by atoms with Gasteiger partial charge in [0.15, 0.2) is 5.78 Å². The zero-order valence-electron chi connectivity index (χ0n) is 14.9. The maximum absolute atomic E-state index is 13.1. The summed E-state index contributed by atoms with van der Waals surface area (Å²) in [7, 11) is 0. The highest BCUT2D eigenvalue weighted by molar-refractivity contribution is 6.18. The van der Waals surface area contributed by atoms with Gasteiger partial charge in [0.2, 0.25) is 5.91 Å². The molecule has 1 heterocycles. The van der Waals surface area contributed by atoms with E-state index in [0.29, 0.717) is 0 Å². The van der Waals surface area contributed by atoms with E-state index < -0.39 is 11.5 Å². The second kappa shape index (κ2) is 5.55. The lowest BCUT2D eigenvalue weighted by atomic mass is 9.64. The van der Waals surface area contributed by atoms with Crippen molar-refractivity contribution in [2.75, 3.05) is 0 Å². The van der Waals surface area contributed by atoms with Gasteiger partial charge in [0.1, 0.15) is 11.5 Å². The molecule has 1 saturated heterocycles. The van der Waals surface area contributed by atoms with E-state index in [0.717, 1.165) is 40.7 Å². The summed E-state index contributed by atoms with van der Waals surface area (Å²) < 4.78 is 0. The van der Waals surface area contributed by atoms with Gasteiger partial charge in [-0.3, -0.25) is 9.59 Å². The molecule has 3 unspecified atom stereocenters. The van der Waals surface area contributed by atoms with Crippen molar-refractivity contribution in [3.05, 3.63) is 59.2 Å². The van der Waals surface area contributed by atoms with Crippen LogP contribution in [0.5, 0.6) is 0 Å². The summed E-state index contributed by atoms with van der Waals surface area (Å²) in [6, 6.07) is 14.3. The van der Waals surface area contributed by atoms with Gasteiger partial charge in [-0.15, -0.1) is 0 Å². The van der Waals surface area contributed by atoms with Crippen LogP contribution in [0.25, 0.3) is 11.1 Å². The van der Waals surface area contributed by atoms with E-state index in [2.05, 4.69) is 30.4 Å². The van der Waals surface area contributed by atoms with E-state index in [9.17, 15) is 9.59 Å². The van der Waals surface area contributed by atoms with Crippen LogP contribution in [0, 0.1) is 19.8 Å². The molecule has 2 aliphatic rings. The largest absolute Gasteiger partial charge is 0.342 e. The smallest absolute Gasteiger partial charge is 0.235 e. The number of hydrogen-bond donors (Lipinski definition) is 1. The van der Waals surface area contributed by atoms with Gasteiger partial charge in [-0.2, -0.15) is 0 Å². The maximum Gasteiger partial charge on any atom is 0.235 e. The summed E-state index contributed by atoms with van der Waals surface area (Å²) in [4.78, 5) is 25.7. The Hall–Kier alpha value is -2.42. The van der Waals surface area contributed by atoms with Crippen molar-refractivity contribution in [2.45, 2.75) is 45.1 Å². The van der Waals surface area contributed by atoms with Gasteiger partial charge in [0.05, 0.1) is 0 Å². The molecule has 3 nitrogen and oxygen atoms in total. The molecule has 0 radical (unpaired) electrons. The Morgan fingerprint density at radius 2 is 1.76 bits per heavy atom. The molecule has 1 saturated carbocycles. The van der Waals surface area contributed by atoms with Crippen LogP contribution in [0.2, 0.25) is 0 Å². The average molecular weight is 333 g/mol. The van der Waals surface area contributed by atoms with E-state index in [-0.39, 0.29) is 17.6 Å². The minimum Gasteiger partial charge on any atom is -0.342 e. The molecule has 25 heavy (non-hydrogen) atoms. The molecule has 1 aliphatic carbocycles. The lowest BCUT2D eigenvalue weighted by Gasteiger charge is -2.43. The lowest BCUT2D eigenvalue weighted by molar-refractivity contribution is -0.129. The molecule has 2 aromatic carbocycles. The highest BCUT2D eigenvalue weighted by Crippen LogP contribution is 2.47. The summed E-state index contributed by atoms with van der Waals surface area (Å²) in [5.74, 6) is -0.497. The quantitative estimate of drug-likeness (QED) is 0.847. The molecule has 128 valence electrons. The summed E-state index contributed by atoms with van der Waals surface area (Å²) in [6.45, 7) is 6.10. The van der Waals surface area contributed by atoms with Crippen molar-refractivity contribution >= 4 is 11.7 Å². The Labute approximate surface area is 148 Å². The summed E-state index contributed by atoms with van der Waals surface area (Å²) in [5, 5.41) is 3.02. The van der Waals surface area contributed by atoms with Gasteiger partial charge in [-0.25, -0.2) is 0 Å². The van der Waals surface area contributed by atoms with Crippen LogP contribution in [0.4, 0.5) is 0 Å². The molecule has 1 spiro atoms. The Balaban J connectivity index is 1.76. The van der Waals surface area contributed by atoms with E-state index in [1.54, 1.807) is 0 Å². The number of Topliss-reactive ketones (excluding diaryl/α,β-unsaturated/α-hetero) is 1. The molecule has 1 N–H and O–H groups in total. The van der Waals surface area contributed by atoms with E-state index in [1.807, 2.05) is 38.1 Å². The van der Waals surface area contributed by atoms with Gasteiger partial charge in [-0.05, 0) is 60.4 Å². The third-order valence-corrected chi connectivity index (χ3v) is 6.13. The van der Waals surface area contributed by atoms with Crippen LogP contribution in [0.1, 0.15) is 42.4 Å². The van der Waals surface area contributed by atoms with Crippen LogP contribution in [-0.4, -0.2) is 17.2 Å². The molecule has 3 heteroatoms. The Kier molecular flexibility index (Phi) is 3.57. The number of benzene rings is 2. The molecule has 0 aromatic heterocycles. The number of amides is 1. The molecular weight excluding hydrogens is 310 g/mol. The fraction of sp³-hybridized carbons (Fsp3) is 0.364. The summed E-state index contributed by atoms with van der Waals surface area (Å²) in [5.41, 5.74) is 4.65. The minimum atomic E-state index is -0.661. The third kappa shape index (κ3) is 2.25. The molecule has 2 aromatic rings. The topological polar surface area (TPSA) is 46.2 Å². The number of carbonyl (C=O) groups excluding carboxylic acids is 2. The van der Waals surface area contributed by atoms with Crippen LogP contribution >= 0.6 is 0 Å². The van der Waals surface area contributed by atoms with Crippen molar-refractivity contribution in [3.63, 3.8) is 0 Å². The van der Waals surface area contributed by atoms with Gasteiger partial charge in [0, 0.05) is 0 Å². The Morgan fingerprint density at radius 3 is 2.32 bits per heavy atom. The number of aryl methyl sites for hydroxylation is 2. The number of ketones is 1. The number of rotatable bonds is 2. The first-order valence-electron chi connectivity index (χ1n) is 8.97. The van der Waals surface area contributed by atoms with Crippen LogP contribution < -0.4 is 5.32 Å². The predicted octanol–water partition coefficient (Wildman–Crippen LogP) is 3.92. The SMILES string of the molecule is Cc1cc(C2C(=O)NC3(CCC3C)C2=O)c(C)cc1-c1ccccc1. The molecule has 4 rings (SSSR count). The summed E-state index contributed by atoms with van der Waals surface area (Å²) in [6.07, 6.45) is 1.78. The molecule has 1 aliphatic heterocycles. The van der Waals surface area contributed by atoms with Gasteiger partial charge < -0.3 is 5.32 Å². The normalized spacial score (nSPS) is 28.1. The minimum absolute atomic E-state index is 0.0613. The first-order chi connectivity index (χ1) is 11.9. The van der Waals surface area contributed by atoms with Crippen LogP contribution in [0.3, 0.4) is 0 Å². The van der Waals surface area contributed by atoms with Crippen LogP contribution in [0.15, 0.2) is 42.5 Å². The van der Waals surface area contributed by atoms with Crippen molar-refractivity contribution in [1.82, 2.24) is 5.32 Å². The Morgan fingerprint density at radius 1 is 1.04 bits per heavy atom. The fourth-order valence-electron chi connectivity index (χ4n) is 4.36. The van der Waals surface area contributed by atoms with Crippen molar-refractivity contribution in [1.29, 1.82) is 0 Å². The highest BCUT2D eigenvalue weighted by Gasteiger charge is 2.60. The fourth-order valence-corrected chi connectivity index (χ4v) is 4.36. The van der Waals surface area contributed by atoms with Crippen molar-refractivity contribution < 1.29 is 9.59 Å². The van der Waals surface area contributed by atoms with Gasteiger partial charge >= 0.3 is 0 Å². The van der Waals surface area contributed by atoms with E-state index >= 15 is 0 Å². The molecule has 0 bridgehead atoms. The first kappa shape index (κ1) is 16.1. The first-order valence-corrected chi connectivity index (χ1v) is 8.97. The Bertz CT molecular complexity index is 871. The van der Waals surface area contributed by atoms with Crippen LogP contribution in [-0.2, 0) is 9.59 Å². The zero-order chi connectivity index (χ0) is 17.8. The van der Waals surface area contributed by atoms with Crippen molar-refractivity contribution in [3.8, 4) is 11.1 Å². The summed E-state index contributed by atoms with van der Waals surface area (Å²) >= 11 is 0. The maximum atomic E-state index is 13.1. The molecule has 2 fully saturated rings. The van der Waals surface area contributed by atoms with Gasteiger partial charge in [0.25, 0.3) is 0 Å². The lowest BCUT2D eigenvalue weighted by Crippen LogP contribution is -2.58. The van der Waals surface area contributed by atoms with E-state index in [1.165, 1.54) is 0 Å². The van der Waals surface area contributed by atoms with Crippen molar-refractivity contribution in [2.24, 2.45) is 5.92 Å². The molecule has 3 atom stereocenters. The van der Waals surface area contributed by atoms with E-state index in [4.69, 9.17) is 0 Å². The standard InChI is InChI=1S/C22H23NO2/c1-13-12-18(14(2)11-17(13)16-7-5-4-6-8-16)19-20(24)22(23-21(19)25)10-9-15(22)3/h4-8,11-12,15,19H,9-10H2,1-3H3,(H,23,25). The third-order valence-electron chi connectivity index (χ3n) is 6.13. The molecular formula is C22H23NO2. The number of nitrogens with one attached hydrogen (secondary N) is 1. The van der Waals surface area contributed by atoms with Gasteiger partial charge in [-0.1, -0.05) is 49.4 Å². The highest BCUT2D eigenvalue weighted by atomic mass is 16.2. The number of carbonyl (C=O) groups is 2. The predicted molar refractivity (Wildman–Crippen MR) is 98.4 cm³/mol. The average Bonchev–Trinajstić information content (AvgIpc) is 2.89. The second-order valence-corrected chi connectivity index (χ2v) is 7.59. The second-order valence-electron chi connectivity index (χ2n) is 7.59. The zero-order valence-corrected chi connectivity index (χ0v) is 14.9. The molecule has 1 amide bonds. The monoisotopic (exact) mass is 333 g/mol. The number of hydrogen-bond acceptors (Lipinski definition) is 2.